The van der Waals surface area contributed by atoms with Gasteiger partial charge in [-0.25, -0.2) is 0 Å². The quantitative estimate of drug-likeness (QED) is 0.683. The summed E-state index contributed by atoms with van der Waals surface area (Å²) in [6, 6.07) is 19.0. The Balaban J connectivity index is 1.47. The molecule has 0 spiro atoms. The fraction of sp³-hybridized carbons (Fsp3) is 0.333. The second kappa shape index (κ2) is 8.17. The number of hydrogen-bond donors (Lipinski definition) is 2. The molecule has 0 aliphatic carbocycles. The van der Waals surface area contributed by atoms with Crippen molar-refractivity contribution in [2.75, 3.05) is 33.2 Å². The third-order valence-electron chi connectivity index (χ3n) is 5.08. The summed E-state index contributed by atoms with van der Waals surface area (Å²) in [5, 5.41) is 12.1. The van der Waals surface area contributed by atoms with Crippen LogP contribution in [0.1, 0.15) is 11.3 Å². The van der Waals surface area contributed by atoms with Crippen LogP contribution in [-0.4, -0.2) is 64.3 Å². The van der Waals surface area contributed by atoms with Gasteiger partial charge in [0.15, 0.2) is 0 Å². The number of para-hydroxylation sites is 1. The Labute approximate surface area is 165 Å². The van der Waals surface area contributed by atoms with Gasteiger partial charge in [0.2, 0.25) is 0 Å². The van der Waals surface area contributed by atoms with Crippen molar-refractivity contribution in [1.29, 1.82) is 0 Å². The van der Waals surface area contributed by atoms with Gasteiger partial charge >= 0.3 is 0 Å². The molecule has 2 N–H and O–H groups in total. The average molecular weight is 380 g/mol. The minimum atomic E-state index is 0.268. The molecule has 1 unspecified atom stereocenters. The van der Waals surface area contributed by atoms with E-state index in [1.165, 1.54) is 5.56 Å². The van der Waals surface area contributed by atoms with Crippen molar-refractivity contribution in [2.24, 2.45) is 0 Å². The van der Waals surface area contributed by atoms with E-state index in [1.54, 1.807) is 0 Å². The molecular weight excluding hydrogens is 354 g/mol. The summed E-state index contributed by atoms with van der Waals surface area (Å²) in [7, 11) is 2.17. The van der Waals surface area contributed by atoms with E-state index in [-0.39, 0.29) is 6.04 Å². The minimum absolute atomic E-state index is 0.268. The fourth-order valence-corrected chi connectivity index (χ4v) is 4.03. The molecule has 2 heterocycles. The molecule has 0 amide bonds. The van der Waals surface area contributed by atoms with E-state index in [0.29, 0.717) is 4.99 Å². The van der Waals surface area contributed by atoms with Gasteiger partial charge in [0.05, 0.1) is 11.6 Å². The Hall–Kier alpha value is -2.28. The van der Waals surface area contributed by atoms with Crippen molar-refractivity contribution in [3.63, 3.8) is 0 Å². The summed E-state index contributed by atoms with van der Waals surface area (Å²) >= 11 is 5.70. The molecule has 1 aromatic heterocycles. The predicted molar refractivity (Wildman–Crippen MR) is 114 cm³/mol. The standard InChI is InChI=1S/C21H25N5S/c1-25-11-12-26(13-16-7-3-2-4-8-16)15-17(14-25)22-21(27)20-18-9-5-6-10-19(18)23-24-20/h2-10,17H,11-15H2,1H3,(H,22,27)(H,23,24). The third-order valence-corrected chi connectivity index (χ3v) is 5.39. The zero-order valence-electron chi connectivity index (χ0n) is 15.6. The van der Waals surface area contributed by atoms with Crippen LogP contribution >= 0.6 is 12.2 Å². The highest BCUT2D eigenvalue weighted by molar-refractivity contribution is 7.80. The summed E-state index contributed by atoms with van der Waals surface area (Å²) in [5.41, 5.74) is 3.20. The van der Waals surface area contributed by atoms with Crippen molar-refractivity contribution in [3.8, 4) is 0 Å². The third kappa shape index (κ3) is 4.35. The largest absolute Gasteiger partial charge is 0.369 e. The molecule has 5 nitrogen and oxygen atoms in total. The molecule has 0 bridgehead atoms. The normalized spacial score (nSPS) is 19.1. The van der Waals surface area contributed by atoms with Gasteiger partial charge in [-0.2, -0.15) is 5.10 Å². The van der Waals surface area contributed by atoms with Gasteiger partial charge in [0.25, 0.3) is 0 Å². The van der Waals surface area contributed by atoms with Gasteiger partial charge in [-0.05, 0) is 18.7 Å². The number of rotatable bonds is 4. The Bertz CT molecular complexity index is 907. The molecule has 0 saturated carbocycles. The molecule has 3 aromatic rings. The fourth-order valence-electron chi connectivity index (χ4n) is 3.71. The van der Waals surface area contributed by atoms with Crippen LogP contribution in [0.5, 0.6) is 0 Å². The number of likely N-dealkylation sites (N-methyl/N-ethyl adjacent to an activating group) is 1. The van der Waals surface area contributed by atoms with E-state index < -0.39 is 0 Å². The number of benzene rings is 2. The molecule has 1 atom stereocenters. The lowest BCUT2D eigenvalue weighted by Crippen LogP contribution is -2.46. The van der Waals surface area contributed by atoms with Crippen LogP contribution in [0.25, 0.3) is 10.9 Å². The summed E-state index contributed by atoms with van der Waals surface area (Å²) in [5.74, 6) is 0. The van der Waals surface area contributed by atoms with Crippen molar-refractivity contribution < 1.29 is 0 Å². The van der Waals surface area contributed by atoms with Crippen molar-refractivity contribution in [3.05, 3.63) is 65.9 Å². The van der Waals surface area contributed by atoms with Crippen molar-refractivity contribution >= 4 is 28.1 Å². The number of fused-ring (bicyclic) bond motifs is 1. The lowest BCUT2D eigenvalue weighted by molar-refractivity contribution is 0.262. The van der Waals surface area contributed by atoms with Crippen LogP contribution in [0, 0.1) is 0 Å². The summed E-state index contributed by atoms with van der Waals surface area (Å²) < 4.78 is 0. The van der Waals surface area contributed by atoms with Crippen LogP contribution in [0.4, 0.5) is 0 Å². The van der Waals surface area contributed by atoms with Gasteiger partial charge in [-0.1, -0.05) is 60.7 Å². The number of aromatic nitrogens is 2. The second-order valence-corrected chi connectivity index (χ2v) is 7.68. The van der Waals surface area contributed by atoms with Gasteiger partial charge < -0.3 is 10.2 Å². The highest BCUT2D eigenvalue weighted by atomic mass is 32.1. The van der Waals surface area contributed by atoms with E-state index in [2.05, 4.69) is 68.8 Å². The Kier molecular flexibility index (Phi) is 5.48. The second-order valence-electron chi connectivity index (χ2n) is 7.27. The SMILES string of the molecule is CN1CCN(Cc2ccccc2)CC(NC(=S)c2n[nH]c3ccccc23)C1. The number of H-pyrrole nitrogens is 1. The van der Waals surface area contributed by atoms with E-state index >= 15 is 0 Å². The van der Waals surface area contributed by atoms with Crippen LogP contribution in [-0.2, 0) is 6.54 Å². The molecule has 1 aliphatic rings. The maximum Gasteiger partial charge on any atom is 0.128 e. The van der Waals surface area contributed by atoms with Gasteiger partial charge in [-0.3, -0.25) is 10.00 Å². The lowest BCUT2D eigenvalue weighted by Gasteiger charge is -2.25. The highest BCUT2D eigenvalue weighted by Gasteiger charge is 2.23. The number of nitrogens with zero attached hydrogens (tertiary/aromatic N) is 3. The Morgan fingerprint density at radius 1 is 1.11 bits per heavy atom. The number of nitrogens with one attached hydrogen (secondary N) is 2. The Morgan fingerprint density at radius 2 is 1.89 bits per heavy atom. The molecular formula is C21H25N5S. The molecule has 6 heteroatoms. The van der Waals surface area contributed by atoms with Gasteiger partial charge in [0, 0.05) is 38.1 Å². The van der Waals surface area contributed by atoms with E-state index in [0.717, 1.165) is 49.3 Å². The molecule has 140 valence electrons. The molecule has 27 heavy (non-hydrogen) atoms. The first-order valence-electron chi connectivity index (χ1n) is 9.38. The summed E-state index contributed by atoms with van der Waals surface area (Å²) in [4.78, 5) is 5.59. The molecule has 1 aliphatic heterocycles. The first-order chi connectivity index (χ1) is 13.2. The van der Waals surface area contributed by atoms with E-state index in [1.807, 2.05) is 18.2 Å². The van der Waals surface area contributed by atoms with Crippen LogP contribution < -0.4 is 5.32 Å². The van der Waals surface area contributed by atoms with Crippen LogP contribution in [0.3, 0.4) is 0 Å². The molecule has 0 radical (unpaired) electrons. The van der Waals surface area contributed by atoms with Crippen LogP contribution in [0.2, 0.25) is 0 Å². The van der Waals surface area contributed by atoms with Crippen molar-refractivity contribution in [2.45, 2.75) is 12.6 Å². The van der Waals surface area contributed by atoms with Crippen LogP contribution in [0.15, 0.2) is 54.6 Å². The summed E-state index contributed by atoms with van der Waals surface area (Å²) in [6.07, 6.45) is 0. The molecule has 1 fully saturated rings. The highest BCUT2D eigenvalue weighted by Crippen LogP contribution is 2.16. The number of aromatic amines is 1. The zero-order chi connectivity index (χ0) is 18.6. The van der Waals surface area contributed by atoms with Crippen molar-refractivity contribution in [1.82, 2.24) is 25.3 Å². The van der Waals surface area contributed by atoms with E-state index in [9.17, 15) is 0 Å². The predicted octanol–water partition coefficient (Wildman–Crippen LogP) is 2.64. The van der Waals surface area contributed by atoms with Gasteiger partial charge in [-0.15, -0.1) is 0 Å². The van der Waals surface area contributed by atoms with Gasteiger partial charge in [0.1, 0.15) is 10.7 Å². The molecule has 1 saturated heterocycles. The average Bonchev–Trinajstić information content (AvgIpc) is 3.03. The topological polar surface area (TPSA) is 47.2 Å². The smallest absolute Gasteiger partial charge is 0.128 e. The first-order valence-corrected chi connectivity index (χ1v) is 9.78. The number of hydrogen-bond acceptors (Lipinski definition) is 4. The maximum absolute atomic E-state index is 5.70. The lowest BCUT2D eigenvalue weighted by atomic mass is 10.2. The van der Waals surface area contributed by atoms with E-state index in [4.69, 9.17) is 12.2 Å². The Morgan fingerprint density at radius 3 is 2.74 bits per heavy atom. The summed E-state index contributed by atoms with van der Waals surface area (Å²) in [6.45, 7) is 5.01. The number of thiocarbonyl (C=S) groups is 1. The molecule has 4 rings (SSSR count). The maximum atomic E-state index is 5.70. The zero-order valence-corrected chi connectivity index (χ0v) is 16.4. The minimum Gasteiger partial charge on any atom is -0.369 e. The first kappa shape index (κ1) is 18.1. The molecule has 2 aromatic carbocycles. The monoisotopic (exact) mass is 379 g/mol.